The molecule has 10 heteroatoms. The average molecular weight is 445 g/mol. The number of ether oxygens (including phenoxy) is 2. The van der Waals surface area contributed by atoms with Gasteiger partial charge in [-0.05, 0) is 37.5 Å². The molecule has 8 nitrogen and oxygen atoms in total. The van der Waals surface area contributed by atoms with Crippen LogP contribution in [0.3, 0.4) is 0 Å². The lowest BCUT2D eigenvalue weighted by atomic mass is 9.93. The van der Waals surface area contributed by atoms with Gasteiger partial charge in [0.1, 0.15) is 12.0 Å². The SMILES string of the molecule is CC[C@H](Oc1ccccc1OC)C(=O)N1CCC[C@H](c2cc(C(F)F)n3ncnc3n2)C1. The summed E-state index contributed by atoms with van der Waals surface area (Å²) in [6, 6.07) is 8.55. The van der Waals surface area contributed by atoms with Crippen LogP contribution in [0.1, 0.15) is 49.9 Å². The molecule has 32 heavy (non-hydrogen) atoms. The van der Waals surface area contributed by atoms with Gasteiger partial charge in [0.2, 0.25) is 0 Å². The number of hydrogen-bond acceptors (Lipinski definition) is 6. The van der Waals surface area contributed by atoms with Gasteiger partial charge in [-0.25, -0.2) is 13.8 Å². The van der Waals surface area contributed by atoms with Crippen LogP contribution in [-0.2, 0) is 4.79 Å². The minimum Gasteiger partial charge on any atom is -0.493 e. The summed E-state index contributed by atoms with van der Waals surface area (Å²) in [5, 5.41) is 3.83. The highest BCUT2D eigenvalue weighted by Crippen LogP contribution is 2.31. The van der Waals surface area contributed by atoms with Gasteiger partial charge >= 0.3 is 0 Å². The van der Waals surface area contributed by atoms with E-state index in [1.54, 1.807) is 24.1 Å². The Bertz CT molecular complexity index is 1090. The van der Waals surface area contributed by atoms with Crippen LogP contribution in [0.25, 0.3) is 5.78 Å². The topological polar surface area (TPSA) is 81.9 Å². The summed E-state index contributed by atoms with van der Waals surface area (Å²) in [7, 11) is 1.55. The number of halogens is 2. The molecule has 0 bridgehead atoms. The van der Waals surface area contributed by atoms with E-state index < -0.39 is 12.5 Å². The van der Waals surface area contributed by atoms with E-state index in [4.69, 9.17) is 9.47 Å². The van der Waals surface area contributed by atoms with Crippen LogP contribution in [-0.4, -0.2) is 56.7 Å². The fraction of sp³-hybridized carbons (Fsp3) is 0.455. The molecule has 1 aliphatic rings. The molecule has 1 amide bonds. The van der Waals surface area contributed by atoms with E-state index in [9.17, 15) is 13.6 Å². The molecule has 0 spiro atoms. The third-order valence-electron chi connectivity index (χ3n) is 5.66. The fourth-order valence-corrected chi connectivity index (χ4v) is 4.02. The number of likely N-dealkylation sites (tertiary alicyclic amines) is 1. The molecule has 0 unspecified atom stereocenters. The number of nitrogens with zero attached hydrogens (tertiary/aromatic N) is 5. The number of amides is 1. The summed E-state index contributed by atoms with van der Waals surface area (Å²) >= 11 is 0. The normalized spacial score (nSPS) is 17.5. The van der Waals surface area contributed by atoms with E-state index >= 15 is 0 Å². The molecule has 0 N–H and O–H groups in total. The van der Waals surface area contributed by atoms with Crippen molar-refractivity contribution in [3.8, 4) is 11.5 Å². The van der Waals surface area contributed by atoms with Crippen LogP contribution < -0.4 is 9.47 Å². The quantitative estimate of drug-likeness (QED) is 0.552. The minimum atomic E-state index is -2.71. The van der Waals surface area contributed by atoms with E-state index in [1.165, 1.54) is 12.4 Å². The van der Waals surface area contributed by atoms with Gasteiger partial charge in [-0.1, -0.05) is 19.1 Å². The van der Waals surface area contributed by atoms with Crippen LogP contribution >= 0.6 is 0 Å². The fourth-order valence-electron chi connectivity index (χ4n) is 4.02. The number of carbonyl (C=O) groups is 1. The number of methoxy groups -OCH3 is 1. The van der Waals surface area contributed by atoms with Crippen LogP contribution in [0.2, 0.25) is 0 Å². The predicted octanol–water partition coefficient (Wildman–Crippen LogP) is 3.63. The van der Waals surface area contributed by atoms with Crippen molar-refractivity contribution in [1.82, 2.24) is 24.5 Å². The van der Waals surface area contributed by atoms with Gasteiger partial charge in [0, 0.05) is 19.0 Å². The molecule has 0 saturated carbocycles. The first kappa shape index (κ1) is 21.9. The van der Waals surface area contributed by atoms with Crippen molar-refractivity contribution in [2.45, 2.75) is 44.6 Å². The van der Waals surface area contributed by atoms with Crippen LogP contribution in [0.5, 0.6) is 11.5 Å². The van der Waals surface area contributed by atoms with E-state index in [1.807, 2.05) is 19.1 Å². The first-order valence-corrected chi connectivity index (χ1v) is 10.6. The summed E-state index contributed by atoms with van der Waals surface area (Å²) in [6.07, 6.45) is -0.207. The predicted molar refractivity (Wildman–Crippen MR) is 112 cm³/mol. The lowest BCUT2D eigenvalue weighted by molar-refractivity contribution is -0.140. The largest absolute Gasteiger partial charge is 0.493 e. The Kier molecular flexibility index (Phi) is 6.48. The zero-order chi connectivity index (χ0) is 22.7. The van der Waals surface area contributed by atoms with Crippen molar-refractivity contribution in [3.63, 3.8) is 0 Å². The standard InChI is InChI=1S/C22H25F2N5O3/c1-3-17(32-19-9-5-4-8-18(19)31-2)21(30)28-10-6-7-14(12-28)15-11-16(20(23)24)29-22(27-15)25-13-26-29/h4-5,8-9,11,13-14,17,20H,3,6-7,10,12H2,1-2H3/t14-,17-/m0/s1. The van der Waals surface area contributed by atoms with E-state index in [0.29, 0.717) is 36.7 Å². The maximum atomic E-state index is 13.5. The zero-order valence-electron chi connectivity index (χ0n) is 17.9. The molecule has 3 aromatic rings. The van der Waals surface area contributed by atoms with Crippen molar-refractivity contribution < 1.29 is 23.0 Å². The number of para-hydroxylation sites is 2. The van der Waals surface area contributed by atoms with Crippen LogP contribution in [0.15, 0.2) is 36.7 Å². The summed E-state index contributed by atoms with van der Waals surface area (Å²) in [5.74, 6) is 0.883. The first-order chi connectivity index (χ1) is 15.5. The molecule has 0 aliphatic carbocycles. The van der Waals surface area contributed by atoms with Crippen molar-refractivity contribution >= 4 is 11.7 Å². The lowest BCUT2D eigenvalue weighted by Gasteiger charge is -2.34. The molecule has 1 saturated heterocycles. The smallest absolute Gasteiger partial charge is 0.280 e. The number of aromatic nitrogens is 4. The number of carbonyl (C=O) groups excluding carboxylic acids is 1. The van der Waals surface area contributed by atoms with Gasteiger partial charge in [-0.3, -0.25) is 4.79 Å². The third-order valence-corrected chi connectivity index (χ3v) is 5.66. The molecular formula is C22H25F2N5O3. The molecule has 3 heterocycles. The highest BCUT2D eigenvalue weighted by atomic mass is 19.3. The number of hydrogen-bond donors (Lipinski definition) is 0. The molecular weight excluding hydrogens is 420 g/mol. The molecule has 1 aromatic carbocycles. The highest BCUT2D eigenvalue weighted by molar-refractivity contribution is 5.81. The zero-order valence-corrected chi connectivity index (χ0v) is 17.9. The minimum absolute atomic E-state index is 0.132. The van der Waals surface area contributed by atoms with Gasteiger partial charge in [-0.2, -0.15) is 14.6 Å². The highest BCUT2D eigenvalue weighted by Gasteiger charge is 2.32. The molecule has 170 valence electrons. The summed E-state index contributed by atoms with van der Waals surface area (Å²) in [6.45, 7) is 2.84. The monoisotopic (exact) mass is 445 g/mol. The number of fused-ring (bicyclic) bond motifs is 1. The van der Waals surface area contributed by atoms with E-state index in [-0.39, 0.29) is 23.3 Å². The van der Waals surface area contributed by atoms with Crippen molar-refractivity contribution in [2.24, 2.45) is 0 Å². The Morgan fingerprint density at radius 1 is 1.28 bits per heavy atom. The number of rotatable bonds is 7. The second kappa shape index (κ2) is 9.46. The summed E-state index contributed by atoms with van der Waals surface area (Å²) < 4.78 is 39.4. The lowest BCUT2D eigenvalue weighted by Crippen LogP contribution is -2.46. The van der Waals surface area contributed by atoms with Crippen LogP contribution in [0.4, 0.5) is 8.78 Å². The summed E-state index contributed by atoms with van der Waals surface area (Å²) in [4.78, 5) is 23.4. The summed E-state index contributed by atoms with van der Waals surface area (Å²) in [5.41, 5.74) is 0.244. The second-order valence-electron chi connectivity index (χ2n) is 7.67. The maximum Gasteiger partial charge on any atom is 0.280 e. The van der Waals surface area contributed by atoms with Gasteiger partial charge in [0.05, 0.1) is 12.8 Å². The number of benzene rings is 1. The second-order valence-corrected chi connectivity index (χ2v) is 7.67. The Morgan fingerprint density at radius 2 is 2.06 bits per heavy atom. The molecule has 4 rings (SSSR count). The molecule has 2 aromatic heterocycles. The van der Waals surface area contributed by atoms with Gasteiger partial charge in [0.25, 0.3) is 18.1 Å². The Hall–Kier alpha value is -3.30. The van der Waals surface area contributed by atoms with Crippen molar-refractivity contribution in [1.29, 1.82) is 0 Å². The van der Waals surface area contributed by atoms with Gasteiger partial charge in [0.15, 0.2) is 17.6 Å². The van der Waals surface area contributed by atoms with Crippen molar-refractivity contribution in [3.05, 3.63) is 48.0 Å². The van der Waals surface area contributed by atoms with E-state index in [2.05, 4.69) is 15.1 Å². The molecule has 1 aliphatic heterocycles. The van der Waals surface area contributed by atoms with Crippen LogP contribution in [0, 0.1) is 0 Å². The van der Waals surface area contributed by atoms with Crippen molar-refractivity contribution in [2.75, 3.05) is 20.2 Å². The van der Waals surface area contributed by atoms with E-state index in [0.717, 1.165) is 17.4 Å². The Balaban J connectivity index is 1.53. The third kappa shape index (κ3) is 4.35. The first-order valence-electron chi connectivity index (χ1n) is 10.6. The molecule has 0 radical (unpaired) electrons. The Morgan fingerprint density at radius 3 is 2.78 bits per heavy atom. The number of alkyl halides is 2. The number of piperidine rings is 1. The maximum absolute atomic E-state index is 13.5. The molecule has 1 fully saturated rings. The molecule has 2 atom stereocenters. The average Bonchev–Trinajstić information content (AvgIpc) is 3.30. The van der Waals surface area contributed by atoms with Gasteiger partial charge in [-0.15, -0.1) is 0 Å². The Labute approximate surface area is 184 Å². The van der Waals surface area contributed by atoms with Gasteiger partial charge < -0.3 is 14.4 Å².